The van der Waals surface area contributed by atoms with Gasteiger partial charge in [0.25, 0.3) is 0 Å². The molecule has 3 N–H and O–H groups in total. The molecule has 4 nitrogen and oxygen atoms in total. The van der Waals surface area contributed by atoms with Crippen LogP contribution in [0.3, 0.4) is 0 Å². The van der Waals surface area contributed by atoms with Crippen molar-refractivity contribution in [2.24, 2.45) is 5.84 Å². The van der Waals surface area contributed by atoms with Crippen LogP contribution in [-0.2, 0) is 0 Å². The summed E-state index contributed by atoms with van der Waals surface area (Å²) in [5.74, 6) is 7.58. The van der Waals surface area contributed by atoms with E-state index in [2.05, 4.69) is 22.3 Å². The van der Waals surface area contributed by atoms with Crippen LogP contribution in [0, 0.1) is 0 Å². The van der Waals surface area contributed by atoms with Crippen LogP contribution in [0.1, 0.15) is 24.9 Å². The molecular weight excluding hydrogens is 196 g/mol. The molecule has 1 heterocycles. The van der Waals surface area contributed by atoms with Crippen molar-refractivity contribution in [1.29, 1.82) is 0 Å². The second-order valence-electron chi connectivity index (χ2n) is 2.97. The number of nitrogens with two attached hydrogens (primary N) is 1. The van der Waals surface area contributed by atoms with Gasteiger partial charge in [-0.2, -0.15) is 11.8 Å². The number of hydrogen-bond acceptors (Lipinski definition) is 5. The molecule has 14 heavy (non-hydrogen) atoms. The standard InChI is InChI=1S/C9H16N4S/c1-2-3-14-6-9(13-10)8-4-11-7-12-5-8/h4-5,7,9,13H,2-3,6,10H2,1H3. The van der Waals surface area contributed by atoms with Crippen molar-refractivity contribution in [3.8, 4) is 0 Å². The Bertz CT molecular complexity index is 242. The van der Waals surface area contributed by atoms with E-state index in [1.165, 1.54) is 12.7 Å². The third kappa shape index (κ3) is 3.61. The van der Waals surface area contributed by atoms with Crippen LogP contribution < -0.4 is 11.3 Å². The second kappa shape index (κ2) is 6.75. The summed E-state index contributed by atoms with van der Waals surface area (Å²) in [4.78, 5) is 7.93. The number of rotatable bonds is 6. The highest BCUT2D eigenvalue weighted by Gasteiger charge is 2.09. The van der Waals surface area contributed by atoms with Gasteiger partial charge in [-0.3, -0.25) is 11.3 Å². The highest BCUT2D eigenvalue weighted by molar-refractivity contribution is 7.99. The number of hydrazine groups is 1. The molecule has 0 radical (unpaired) electrons. The third-order valence-electron chi connectivity index (χ3n) is 1.82. The number of aromatic nitrogens is 2. The van der Waals surface area contributed by atoms with Crippen LogP contribution in [0.4, 0.5) is 0 Å². The molecule has 1 rings (SSSR count). The fourth-order valence-corrected chi connectivity index (χ4v) is 2.06. The summed E-state index contributed by atoms with van der Waals surface area (Å²) in [6.45, 7) is 2.17. The second-order valence-corrected chi connectivity index (χ2v) is 4.12. The van der Waals surface area contributed by atoms with Gasteiger partial charge in [0.15, 0.2) is 0 Å². The van der Waals surface area contributed by atoms with E-state index in [4.69, 9.17) is 5.84 Å². The van der Waals surface area contributed by atoms with Crippen molar-refractivity contribution in [1.82, 2.24) is 15.4 Å². The molecule has 0 spiro atoms. The van der Waals surface area contributed by atoms with Crippen molar-refractivity contribution in [3.05, 3.63) is 24.3 Å². The van der Waals surface area contributed by atoms with Gasteiger partial charge in [0.2, 0.25) is 0 Å². The zero-order chi connectivity index (χ0) is 10.2. The molecule has 0 aliphatic carbocycles. The minimum absolute atomic E-state index is 0.146. The molecular formula is C9H16N4S. The van der Waals surface area contributed by atoms with Gasteiger partial charge in [-0.05, 0) is 12.2 Å². The summed E-state index contributed by atoms with van der Waals surface area (Å²) in [6.07, 6.45) is 6.30. The number of nitrogens with one attached hydrogen (secondary N) is 1. The normalized spacial score (nSPS) is 12.7. The third-order valence-corrected chi connectivity index (χ3v) is 3.08. The zero-order valence-corrected chi connectivity index (χ0v) is 9.13. The first-order chi connectivity index (χ1) is 6.88. The summed E-state index contributed by atoms with van der Waals surface area (Å²) in [5.41, 5.74) is 3.82. The molecule has 5 heteroatoms. The van der Waals surface area contributed by atoms with Gasteiger partial charge in [0, 0.05) is 23.7 Å². The SMILES string of the molecule is CCCSCC(NN)c1cncnc1. The predicted molar refractivity (Wildman–Crippen MR) is 59.7 cm³/mol. The Morgan fingerprint density at radius 2 is 2.21 bits per heavy atom. The Labute approximate surface area is 88.7 Å². The van der Waals surface area contributed by atoms with Gasteiger partial charge < -0.3 is 0 Å². The molecule has 1 unspecified atom stereocenters. The largest absolute Gasteiger partial charge is 0.271 e. The fourth-order valence-electron chi connectivity index (χ4n) is 1.08. The summed E-state index contributed by atoms with van der Waals surface area (Å²) in [6, 6.07) is 0.146. The molecule has 0 aromatic carbocycles. The van der Waals surface area contributed by atoms with Gasteiger partial charge >= 0.3 is 0 Å². The van der Waals surface area contributed by atoms with Gasteiger partial charge in [-0.15, -0.1) is 0 Å². The smallest absolute Gasteiger partial charge is 0.115 e. The molecule has 0 amide bonds. The topological polar surface area (TPSA) is 63.8 Å². The fraction of sp³-hybridized carbons (Fsp3) is 0.556. The van der Waals surface area contributed by atoms with E-state index < -0.39 is 0 Å². The first-order valence-electron chi connectivity index (χ1n) is 4.67. The van der Waals surface area contributed by atoms with Crippen molar-refractivity contribution < 1.29 is 0 Å². The van der Waals surface area contributed by atoms with Crippen molar-refractivity contribution in [2.75, 3.05) is 11.5 Å². The Morgan fingerprint density at radius 1 is 1.50 bits per heavy atom. The Kier molecular flexibility index (Phi) is 5.51. The van der Waals surface area contributed by atoms with E-state index >= 15 is 0 Å². The van der Waals surface area contributed by atoms with Crippen LogP contribution in [0.5, 0.6) is 0 Å². The summed E-state index contributed by atoms with van der Waals surface area (Å²) in [7, 11) is 0. The first kappa shape index (κ1) is 11.4. The Morgan fingerprint density at radius 3 is 2.79 bits per heavy atom. The average molecular weight is 212 g/mol. The van der Waals surface area contributed by atoms with E-state index in [1.54, 1.807) is 12.4 Å². The van der Waals surface area contributed by atoms with E-state index in [0.29, 0.717) is 0 Å². The van der Waals surface area contributed by atoms with Crippen molar-refractivity contribution in [2.45, 2.75) is 19.4 Å². The minimum Gasteiger partial charge on any atom is -0.271 e. The molecule has 0 saturated heterocycles. The highest BCUT2D eigenvalue weighted by Crippen LogP contribution is 2.16. The lowest BCUT2D eigenvalue weighted by atomic mass is 10.2. The van der Waals surface area contributed by atoms with E-state index in [0.717, 1.165) is 17.1 Å². The van der Waals surface area contributed by atoms with E-state index in [1.807, 2.05) is 11.8 Å². The average Bonchev–Trinajstić information content (AvgIpc) is 2.26. The minimum atomic E-state index is 0.146. The summed E-state index contributed by atoms with van der Waals surface area (Å²) in [5, 5.41) is 0. The first-order valence-corrected chi connectivity index (χ1v) is 5.82. The van der Waals surface area contributed by atoms with Crippen LogP contribution in [0.15, 0.2) is 18.7 Å². The Balaban J connectivity index is 2.46. The molecule has 0 fully saturated rings. The number of hydrogen-bond donors (Lipinski definition) is 2. The number of thioether (sulfide) groups is 1. The molecule has 0 aliphatic heterocycles. The van der Waals surface area contributed by atoms with Gasteiger partial charge in [0.05, 0.1) is 6.04 Å². The van der Waals surface area contributed by atoms with Gasteiger partial charge in [-0.1, -0.05) is 6.92 Å². The zero-order valence-electron chi connectivity index (χ0n) is 8.31. The van der Waals surface area contributed by atoms with E-state index in [-0.39, 0.29) is 6.04 Å². The van der Waals surface area contributed by atoms with Crippen LogP contribution in [0.2, 0.25) is 0 Å². The maximum absolute atomic E-state index is 5.47. The maximum Gasteiger partial charge on any atom is 0.115 e. The van der Waals surface area contributed by atoms with Gasteiger partial charge in [0.1, 0.15) is 6.33 Å². The molecule has 0 saturated carbocycles. The molecule has 1 atom stereocenters. The van der Waals surface area contributed by atoms with Crippen LogP contribution >= 0.6 is 11.8 Å². The van der Waals surface area contributed by atoms with Gasteiger partial charge in [-0.25, -0.2) is 9.97 Å². The van der Waals surface area contributed by atoms with Crippen molar-refractivity contribution >= 4 is 11.8 Å². The van der Waals surface area contributed by atoms with Crippen LogP contribution in [-0.4, -0.2) is 21.5 Å². The summed E-state index contributed by atoms with van der Waals surface area (Å²) >= 11 is 1.88. The molecule has 0 aliphatic rings. The maximum atomic E-state index is 5.47. The Hall–Kier alpha value is -0.650. The van der Waals surface area contributed by atoms with Crippen molar-refractivity contribution in [3.63, 3.8) is 0 Å². The highest BCUT2D eigenvalue weighted by atomic mass is 32.2. The molecule has 1 aromatic rings. The number of nitrogens with zero attached hydrogens (tertiary/aromatic N) is 2. The van der Waals surface area contributed by atoms with E-state index in [9.17, 15) is 0 Å². The molecule has 1 aromatic heterocycles. The molecule has 0 bridgehead atoms. The predicted octanol–water partition coefficient (Wildman–Crippen LogP) is 1.12. The lowest BCUT2D eigenvalue weighted by Gasteiger charge is -2.14. The van der Waals surface area contributed by atoms with Crippen LogP contribution in [0.25, 0.3) is 0 Å². The quantitative estimate of drug-likeness (QED) is 0.420. The lowest BCUT2D eigenvalue weighted by Crippen LogP contribution is -2.29. The summed E-state index contributed by atoms with van der Waals surface area (Å²) < 4.78 is 0. The lowest BCUT2D eigenvalue weighted by molar-refractivity contribution is 0.606. The molecule has 78 valence electrons. The monoisotopic (exact) mass is 212 g/mol.